The molecule has 1 aromatic carbocycles. The van der Waals surface area contributed by atoms with Crippen molar-refractivity contribution in [3.05, 3.63) is 29.8 Å². The molecular weight excluding hydrogens is 226 g/mol. The summed E-state index contributed by atoms with van der Waals surface area (Å²) in [6.45, 7) is 1.82. The van der Waals surface area contributed by atoms with Gasteiger partial charge in [0, 0.05) is 0 Å². The summed E-state index contributed by atoms with van der Waals surface area (Å²) in [6, 6.07) is 6.19. The highest BCUT2D eigenvalue weighted by atomic mass is 16.7. The summed E-state index contributed by atoms with van der Waals surface area (Å²) in [5, 5.41) is 9.17. The Morgan fingerprint density at radius 3 is 2.82 bits per heavy atom. The van der Waals surface area contributed by atoms with Crippen LogP contribution in [0.2, 0.25) is 0 Å². The summed E-state index contributed by atoms with van der Waals surface area (Å²) in [5.74, 6) is -0.586. The number of nitrogens with one attached hydrogen (secondary N) is 1. The van der Waals surface area contributed by atoms with E-state index in [0.717, 1.165) is 0 Å². The molecule has 0 aliphatic rings. The number of phenols is 1. The van der Waals surface area contributed by atoms with Crippen LogP contribution in [-0.4, -0.2) is 23.8 Å². The van der Waals surface area contributed by atoms with Crippen LogP contribution in [0.4, 0.5) is 4.79 Å². The van der Waals surface area contributed by atoms with Gasteiger partial charge in [0.05, 0.1) is 13.0 Å². The van der Waals surface area contributed by atoms with Crippen molar-refractivity contribution in [2.75, 3.05) is 6.61 Å². The lowest BCUT2D eigenvalue weighted by Gasteiger charge is -2.05. The largest absolute Gasteiger partial charge is 0.508 e. The number of amides is 1. The number of carbonyl (C=O) groups is 2. The van der Waals surface area contributed by atoms with Crippen molar-refractivity contribution in [3.63, 3.8) is 0 Å². The zero-order valence-electron chi connectivity index (χ0n) is 9.30. The van der Waals surface area contributed by atoms with Gasteiger partial charge in [0.2, 0.25) is 0 Å². The lowest BCUT2D eigenvalue weighted by Crippen LogP contribution is -2.28. The predicted molar refractivity (Wildman–Crippen MR) is 58.1 cm³/mol. The highest BCUT2D eigenvalue weighted by Crippen LogP contribution is 2.11. The van der Waals surface area contributed by atoms with Crippen LogP contribution in [0.3, 0.4) is 0 Å². The van der Waals surface area contributed by atoms with Crippen molar-refractivity contribution in [1.82, 2.24) is 5.48 Å². The minimum atomic E-state index is -0.822. The molecule has 92 valence electrons. The van der Waals surface area contributed by atoms with Gasteiger partial charge < -0.3 is 14.7 Å². The summed E-state index contributed by atoms with van der Waals surface area (Å²) in [7, 11) is 0. The van der Waals surface area contributed by atoms with Gasteiger partial charge in [-0.2, -0.15) is 0 Å². The number of rotatable bonds is 3. The second-order valence-electron chi connectivity index (χ2n) is 3.14. The molecule has 6 heteroatoms. The molecule has 0 atom stereocenters. The SMILES string of the molecule is CCOC(=O)NOC(=O)Cc1cccc(O)c1. The van der Waals surface area contributed by atoms with Gasteiger partial charge in [-0.1, -0.05) is 12.1 Å². The fourth-order valence-electron chi connectivity index (χ4n) is 1.13. The van der Waals surface area contributed by atoms with Gasteiger partial charge in [-0.05, 0) is 24.6 Å². The van der Waals surface area contributed by atoms with Crippen molar-refractivity contribution in [1.29, 1.82) is 0 Å². The van der Waals surface area contributed by atoms with Gasteiger partial charge in [-0.25, -0.2) is 9.59 Å². The molecule has 0 bridgehead atoms. The van der Waals surface area contributed by atoms with Crippen LogP contribution in [0.5, 0.6) is 5.75 Å². The van der Waals surface area contributed by atoms with Crippen LogP contribution in [0, 0.1) is 0 Å². The normalized spacial score (nSPS) is 9.47. The van der Waals surface area contributed by atoms with E-state index in [0.29, 0.717) is 5.56 Å². The molecule has 6 nitrogen and oxygen atoms in total. The van der Waals surface area contributed by atoms with E-state index in [2.05, 4.69) is 9.57 Å². The molecule has 0 heterocycles. The average molecular weight is 239 g/mol. The quantitative estimate of drug-likeness (QED) is 0.772. The second kappa shape index (κ2) is 6.37. The molecule has 0 aliphatic heterocycles. The molecule has 1 rings (SSSR count). The average Bonchev–Trinajstić information content (AvgIpc) is 2.27. The maximum absolute atomic E-state index is 11.3. The Kier molecular flexibility index (Phi) is 4.80. The number of aromatic hydroxyl groups is 1. The summed E-state index contributed by atoms with van der Waals surface area (Å²) in [5.41, 5.74) is 2.43. The maximum atomic E-state index is 11.3. The molecular formula is C11H13NO5. The number of hydrogen-bond donors (Lipinski definition) is 2. The van der Waals surface area contributed by atoms with Crippen LogP contribution < -0.4 is 5.48 Å². The van der Waals surface area contributed by atoms with E-state index in [1.54, 1.807) is 19.1 Å². The minimum Gasteiger partial charge on any atom is -0.508 e. The van der Waals surface area contributed by atoms with E-state index >= 15 is 0 Å². The van der Waals surface area contributed by atoms with E-state index in [1.807, 2.05) is 5.48 Å². The Labute approximate surface area is 98.1 Å². The van der Waals surface area contributed by atoms with Crippen LogP contribution in [0.25, 0.3) is 0 Å². The molecule has 0 spiro atoms. The highest BCUT2D eigenvalue weighted by molar-refractivity contribution is 5.75. The smallest absolute Gasteiger partial charge is 0.440 e. The Bertz CT molecular complexity index is 405. The molecule has 1 aromatic rings. The maximum Gasteiger partial charge on any atom is 0.440 e. The molecule has 0 saturated heterocycles. The van der Waals surface area contributed by atoms with Gasteiger partial charge in [0.1, 0.15) is 5.75 Å². The zero-order chi connectivity index (χ0) is 12.7. The number of phenolic OH excluding ortho intramolecular Hbond substituents is 1. The Balaban J connectivity index is 2.37. The van der Waals surface area contributed by atoms with Crippen LogP contribution in [0.15, 0.2) is 24.3 Å². The molecule has 17 heavy (non-hydrogen) atoms. The fourth-order valence-corrected chi connectivity index (χ4v) is 1.13. The van der Waals surface area contributed by atoms with E-state index < -0.39 is 12.1 Å². The van der Waals surface area contributed by atoms with E-state index in [4.69, 9.17) is 0 Å². The minimum absolute atomic E-state index is 0.0548. The van der Waals surface area contributed by atoms with Crippen LogP contribution >= 0.6 is 0 Å². The number of hydroxylamine groups is 1. The number of benzene rings is 1. The summed E-state index contributed by atoms with van der Waals surface area (Å²) in [4.78, 5) is 26.5. The van der Waals surface area contributed by atoms with Crippen molar-refractivity contribution >= 4 is 12.1 Å². The summed E-state index contributed by atoms with van der Waals surface area (Å²) in [6.07, 6.45) is -0.877. The predicted octanol–water partition coefficient (Wildman–Crippen LogP) is 1.14. The molecule has 2 N–H and O–H groups in total. The van der Waals surface area contributed by atoms with Crippen molar-refractivity contribution in [3.8, 4) is 5.75 Å². The Hall–Kier alpha value is -2.24. The molecule has 0 fully saturated rings. The van der Waals surface area contributed by atoms with Gasteiger partial charge >= 0.3 is 12.1 Å². The highest BCUT2D eigenvalue weighted by Gasteiger charge is 2.08. The van der Waals surface area contributed by atoms with Gasteiger partial charge in [-0.3, -0.25) is 0 Å². The van der Waals surface area contributed by atoms with Crippen LogP contribution in [0.1, 0.15) is 12.5 Å². The zero-order valence-corrected chi connectivity index (χ0v) is 9.30. The first-order chi connectivity index (χ1) is 8.11. The molecule has 0 unspecified atom stereocenters. The molecule has 0 aliphatic carbocycles. The second-order valence-corrected chi connectivity index (χ2v) is 3.14. The first-order valence-electron chi connectivity index (χ1n) is 5.02. The monoisotopic (exact) mass is 239 g/mol. The van der Waals surface area contributed by atoms with E-state index in [9.17, 15) is 14.7 Å². The van der Waals surface area contributed by atoms with Gasteiger partial charge in [0.25, 0.3) is 0 Å². The summed E-state index contributed by atoms with van der Waals surface area (Å²) < 4.78 is 4.49. The summed E-state index contributed by atoms with van der Waals surface area (Å²) >= 11 is 0. The number of hydrogen-bond acceptors (Lipinski definition) is 5. The topological polar surface area (TPSA) is 84.9 Å². The Morgan fingerprint density at radius 1 is 1.41 bits per heavy atom. The van der Waals surface area contributed by atoms with Gasteiger partial charge in [-0.15, -0.1) is 5.48 Å². The first kappa shape index (κ1) is 12.8. The first-order valence-corrected chi connectivity index (χ1v) is 5.02. The third-order valence-corrected chi connectivity index (χ3v) is 1.78. The Morgan fingerprint density at radius 2 is 2.18 bits per heavy atom. The van der Waals surface area contributed by atoms with E-state index in [-0.39, 0.29) is 18.8 Å². The molecule has 1 amide bonds. The standard InChI is InChI=1S/C11H13NO5/c1-2-16-11(15)12-17-10(14)7-8-4-3-5-9(13)6-8/h3-6,13H,2,7H2,1H3,(H,12,15). The van der Waals surface area contributed by atoms with Crippen molar-refractivity contribution < 1.29 is 24.3 Å². The number of carbonyl (C=O) groups excluding carboxylic acids is 2. The number of ether oxygens (including phenoxy) is 1. The van der Waals surface area contributed by atoms with Crippen molar-refractivity contribution in [2.24, 2.45) is 0 Å². The third kappa shape index (κ3) is 4.87. The van der Waals surface area contributed by atoms with E-state index in [1.165, 1.54) is 12.1 Å². The fraction of sp³-hybridized carbons (Fsp3) is 0.273. The molecule has 0 radical (unpaired) electrons. The molecule has 0 aromatic heterocycles. The lowest BCUT2D eigenvalue weighted by molar-refractivity contribution is -0.148. The van der Waals surface area contributed by atoms with Crippen molar-refractivity contribution in [2.45, 2.75) is 13.3 Å². The lowest BCUT2D eigenvalue weighted by atomic mass is 10.1. The molecule has 0 saturated carbocycles. The van der Waals surface area contributed by atoms with Crippen LogP contribution in [-0.2, 0) is 20.8 Å². The third-order valence-electron chi connectivity index (χ3n) is 1.78. The van der Waals surface area contributed by atoms with Gasteiger partial charge in [0.15, 0.2) is 0 Å².